The Bertz CT molecular complexity index is 651. The lowest BCUT2D eigenvalue weighted by molar-refractivity contribution is -0.142. The van der Waals surface area contributed by atoms with Crippen molar-refractivity contribution in [3.63, 3.8) is 0 Å². The van der Waals surface area contributed by atoms with Crippen LogP contribution in [0.2, 0.25) is 0 Å². The lowest BCUT2D eigenvalue weighted by Crippen LogP contribution is -2.28. The highest BCUT2D eigenvalue weighted by Gasteiger charge is 2.29. The number of benzene rings is 1. The maximum atomic E-state index is 11.3. The molecule has 0 fully saturated rings. The molecule has 1 aromatic carbocycles. The molecule has 1 N–H and O–H groups in total. The highest BCUT2D eigenvalue weighted by molar-refractivity contribution is 5.80. The van der Waals surface area contributed by atoms with E-state index in [0.29, 0.717) is 0 Å². The van der Waals surface area contributed by atoms with E-state index in [4.69, 9.17) is 0 Å². The van der Waals surface area contributed by atoms with Gasteiger partial charge in [-0.3, -0.25) is 4.79 Å². The molecule has 6 heteroatoms. The van der Waals surface area contributed by atoms with Gasteiger partial charge in [0.1, 0.15) is 0 Å². The molecule has 0 saturated heterocycles. The molecule has 0 aliphatic carbocycles. The zero-order chi connectivity index (χ0) is 15.8. The molecule has 1 aromatic heterocycles. The van der Waals surface area contributed by atoms with Crippen molar-refractivity contribution in [2.75, 3.05) is 0 Å². The Balaban J connectivity index is 2.41. The molecule has 2 rings (SSSR count). The van der Waals surface area contributed by atoms with Crippen LogP contribution in [0.4, 0.5) is 0 Å². The Morgan fingerprint density at radius 2 is 1.67 bits per heavy atom. The summed E-state index contributed by atoms with van der Waals surface area (Å²) >= 11 is 0. The number of carboxylic acid groups (broad SMARTS) is 1. The van der Waals surface area contributed by atoms with Crippen LogP contribution < -0.4 is 0 Å². The number of hydrogen-bond donors (Lipinski definition) is 1. The van der Waals surface area contributed by atoms with E-state index in [2.05, 4.69) is 15.5 Å². The topological polar surface area (TPSA) is 80.9 Å². The fourth-order valence-corrected chi connectivity index (χ4v) is 1.97. The first-order valence-corrected chi connectivity index (χ1v) is 6.77. The molecule has 0 bridgehead atoms. The summed E-state index contributed by atoms with van der Waals surface area (Å²) in [6.07, 6.45) is 0. The summed E-state index contributed by atoms with van der Waals surface area (Å²) in [5.74, 6) is -0.0965. The van der Waals surface area contributed by atoms with E-state index in [-0.39, 0.29) is 5.41 Å². The van der Waals surface area contributed by atoms with Crippen LogP contribution in [0.25, 0.3) is 5.69 Å². The van der Waals surface area contributed by atoms with Crippen LogP contribution in [0.1, 0.15) is 46.0 Å². The fraction of sp³-hybridized carbons (Fsp3) is 0.467. The highest BCUT2D eigenvalue weighted by Crippen LogP contribution is 2.26. The average Bonchev–Trinajstić information content (AvgIpc) is 2.87. The molecule has 0 aliphatic heterocycles. The molecule has 0 atom stereocenters. The van der Waals surface area contributed by atoms with E-state index in [1.807, 2.05) is 32.9 Å². The Hall–Kier alpha value is -2.24. The van der Waals surface area contributed by atoms with Gasteiger partial charge in [-0.2, -0.15) is 4.68 Å². The number of hydrogen-bond acceptors (Lipinski definition) is 4. The van der Waals surface area contributed by atoms with Crippen molar-refractivity contribution in [2.45, 2.75) is 45.4 Å². The second kappa shape index (κ2) is 4.95. The Morgan fingerprint density at radius 3 is 2.14 bits per heavy atom. The quantitative estimate of drug-likeness (QED) is 0.937. The zero-order valence-electron chi connectivity index (χ0n) is 13.0. The first-order valence-electron chi connectivity index (χ1n) is 6.77. The Kier molecular flexibility index (Phi) is 3.57. The maximum Gasteiger partial charge on any atom is 0.313 e. The maximum absolute atomic E-state index is 11.3. The van der Waals surface area contributed by atoms with Crippen LogP contribution in [0, 0.1) is 0 Å². The second-order valence-electron chi connectivity index (χ2n) is 6.64. The van der Waals surface area contributed by atoms with Crippen molar-refractivity contribution in [3.05, 3.63) is 35.7 Å². The number of aromatic nitrogens is 4. The molecule has 0 saturated carbocycles. The van der Waals surface area contributed by atoms with Crippen LogP contribution in [0.3, 0.4) is 0 Å². The van der Waals surface area contributed by atoms with Gasteiger partial charge in [0.15, 0.2) is 5.82 Å². The van der Waals surface area contributed by atoms with E-state index < -0.39 is 11.4 Å². The van der Waals surface area contributed by atoms with Crippen LogP contribution in [0.15, 0.2) is 24.3 Å². The van der Waals surface area contributed by atoms with E-state index in [9.17, 15) is 9.90 Å². The normalized spacial score (nSPS) is 12.4. The lowest BCUT2D eigenvalue weighted by atomic mass is 9.85. The van der Waals surface area contributed by atoms with Crippen LogP contribution in [0.5, 0.6) is 0 Å². The van der Waals surface area contributed by atoms with Gasteiger partial charge in [0.25, 0.3) is 0 Å². The molecule has 21 heavy (non-hydrogen) atoms. The molecule has 2 aromatic rings. The molecule has 112 valence electrons. The molecular weight excluding hydrogens is 268 g/mol. The standard InChI is InChI=1S/C15H20N4O2/c1-14(2,3)12-16-17-18-19(12)11-8-6-10(7-9-11)15(4,5)13(20)21/h6-9H,1-5H3,(H,20,21). The van der Waals surface area contributed by atoms with Crippen LogP contribution in [-0.2, 0) is 15.6 Å². The van der Waals surface area contributed by atoms with Crippen molar-refractivity contribution >= 4 is 5.97 Å². The number of carbonyl (C=O) groups is 1. The molecule has 0 aliphatic rings. The summed E-state index contributed by atoms with van der Waals surface area (Å²) in [5.41, 5.74) is 0.452. The van der Waals surface area contributed by atoms with Crippen LogP contribution in [-0.4, -0.2) is 31.3 Å². The summed E-state index contributed by atoms with van der Waals surface area (Å²) < 4.78 is 1.68. The van der Waals surface area contributed by atoms with Crippen molar-refractivity contribution in [1.82, 2.24) is 20.2 Å². The third kappa shape index (κ3) is 2.79. The summed E-state index contributed by atoms with van der Waals surface area (Å²) in [6, 6.07) is 7.28. The summed E-state index contributed by atoms with van der Waals surface area (Å²) in [5, 5.41) is 21.1. The molecule has 0 spiro atoms. The second-order valence-corrected chi connectivity index (χ2v) is 6.64. The number of aliphatic carboxylic acids is 1. The first kappa shape index (κ1) is 15.2. The number of rotatable bonds is 3. The minimum absolute atomic E-state index is 0.178. The molecule has 0 radical (unpaired) electrons. The molecule has 6 nitrogen and oxygen atoms in total. The lowest BCUT2D eigenvalue weighted by Gasteiger charge is -2.20. The predicted octanol–water partition coefficient (Wildman–Crippen LogP) is 2.32. The monoisotopic (exact) mass is 288 g/mol. The smallest absolute Gasteiger partial charge is 0.313 e. The van der Waals surface area contributed by atoms with Crippen LogP contribution >= 0.6 is 0 Å². The van der Waals surface area contributed by atoms with Crippen molar-refractivity contribution < 1.29 is 9.90 Å². The number of nitrogens with zero attached hydrogens (tertiary/aromatic N) is 4. The molecular formula is C15H20N4O2. The minimum atomic E-state index is -0.925. The number of carboxylic acids is 1. The van der Waals surface area contributed by atoms with Gasteiger partial charge in [0.05, 0.1) is 11.1 Å². The third-order valence-electron chi connectivity index (χ3n) is 3.51. The molecule has 1 heterocycles. The Labute approximate surface area is 123 Å². The van der Waals surface area contributed by atoms with E-state index in [1.54, 1.807) is 30.7 Å². The fourth-order valence-electron chi connectivity index (χ4n) is 1.97. The minimum Gasteiger partial charge on any atom is -0.481 e. The predicted molar refractivity (Wildman–Crippen MR) is 78.5 cm³/mol. The zero-order valence-corrected chi connectivity index (χ0v) is 13.0. The van der Waals surface area contributed by atoms with Gasteiger partial charge in [-0.25, -0.2) is 0 Å². The summed E-state index contributed by atoms with van der Waals surface area (Å²) in [4.78, 5) is 11.3. The average molecular weight is 288 g/mol. The van der Waals surface area contributed by atoms with Gasteiger partial charge in [-0.05, 0) is 42.0 Å². The third-order valence-corrected chi connectivity index (χ3v) is 3.51. The Morgan fingerprint density at radius 1 is 1.10 bits per heavy atom. The number of tetrazole rings is 1. The highest BCUT2D eigenvalue weighted by atomic mass is 16.4. The van der Waals surface area contributed by atoms with Crippen molar-refractivity contribution in [3.8, 4) is 5.69 Å². The van der Waals surface area contributed by atoms with Gasteiger partial charge in [-0.15, -0.1) is 5.10 Å². The van der Waals surface area contributed by atoms with Crippen molar-refractivity contribution in [2.24, 2.45) is 0 Å². The van der Waals surface area contributed by atoms with Gasteiger partial charge in [-0.1, -0.05) is 32.9 Å². The largest absolute Gasteiger partial charge is 0.481 e. The SMILES string of the molecule is CC(C)(C)c1nnnn1-c1ccc(C(C)(C)C(=O)O)cc1. The molecule has 0 unspecified atom stereocenters. The molecule has 0 amide bonds. The van der Waals surface area contributed by atoms with Gasteiger partial charge >= 0.3 is 5.97 Å². The summed E-state index contributed by atoms with van der Waals surface area (Å²) in [6.45, 7) is 9.48. The first-order chi connectivity index (χ1) is 9.64. The van der Waals surface area contributed by atoms with Gasteiger partial charge in [0.2, 0.25) is 0 Å². The van der Waals surface area contributed by atoms with E-state index >= 15 is 0 Å². The van der Waals surface area contributed by atoms with Crippen molar-refractivity contribution in [1.29, 1.82) is 0 Å². The van der Waals surface area contributed by atoms with Gasteiger partial charge in [0, 0.05) is 5.41 Å². The van der Waals surface area contributed by atoms with E-state index in [0.717, 1.165) is 17.1 Å². The van der Waals surface area contributed by atoms with Gasteiger partial charge < -0.3 is 5.11 Å². The van der Waals surface area contributed by atoms with E-state index in [1.165, 1.54) is 0 Å². The summed E-state index contributed by atoms with van der Waals surface area (Å²) in [7, 11) is 0.